The molecule has 5 rings (SSSR count). The average molecular weight is 411 g/mol. The molecular weight excluding hydrogens is 384 g/mol. The van der Waals surface area contributed by atoms with Gasteiger partial charge in [0.15, 0.2) is 0 Å². The van der Waals surface area contributed by atoms with Crippen molar-refractivity contribution in [1.82, 2.24) is 0 Å². The number of carbonyl (C=O) groups is 1. The largest absolute Gasteiger partial charge is 0.475 e. The Kier molecular flexibility index (Phi) is 4.85. The van der Waals surface area contributed by atoms with E-state index in [1.165, 1.54) is 0 Å². The predicted molar refractivity (Wildman–Crippen MR) is 125 cm³/mol. The van der Waals surface area contributed by atoms with Gasteiger partial charge in [0.2, 0.25) is 11.8 Å². The van der Waals surface area contributed by atoms with Gasteiger partial charge in [-0.15, -0.1) is 0 Å². The van der Waals surface area contributed by atoms with Gasteiger partial charge in [-0.1, -0.05) is 62.4 Å². The second kappa shape index (κ2) is 7.69. The van der Waals surface area contributed by atoms with Crippen LogP contribution in [0.2, 0.25) is 0 Å². The van der Waals surface area contributed by atoms with E-state index in [-0.39, 0.29) is 11.9 Å². The maximum absolute atomic E-state index is 13.6. The summed E-state index contributed by atoms with van der Waals surface area (Å²) in [6, 6.07) is 22.3. The second-order valence-electron chi connectivity index (χ2n) is 8.70. The van der Waals surface area contributed by atoms with Crippen LogP contribution < -0.4 is 5.32 Å². The number of carbonyl (C=O) groups excluding carboxylic acids is 1. The van der Waals surface area contributed by atoms with Crippen molar-refractivity contribution in [2.75, 3.05) is 11.9 Å². The number of benzene rings is 3. The van der Waals surface area contributed by atoms with Crippen molar-refractivity contribution in [3.05, 3.63) is 89.0 Å². The van der Waals surface area contributed by atoms with Crippen LogP contribution in [0.4, 0.5) is 5.69 Å². The Bertz CT molecular complexity index is 1200. The highest BCUT2D eigenvalue weighted by Gasteiger charge is 2.38. The molecule has 3 aromatic carbocycles. The molecule has 2 atom stereocenters. The Balaban J connectivity index is 1.61. The quantitative estimate of drug-likeness (QED) is 0.613. The van der Waals surface area contributed by atoms with Crippen LogP contribution in [0.15, 0.2) is 71.7 Å². The Hall–Kier alpha value is -3.40. The first-order chi connectivity index (χ1) is 15.0. The standard InChI is InChI=1S/C27H26N2O2/c1-16(2)23-15-31-27(29-23)22-13-7-12-20-19-10-4-5-11-21(19)25(24(20)22)26(30)28-18-9-6-8-17(3)14-18/h4-14,16,23,25H,15H2,1-3H3,(H,28,30)/t23-,25?/m1/s1. The third kappa shape index (κ3) is 3.42. The van der Waals surface area contributed by atoms with Gasteiger partial charge in [-0.2, -0.15) is 0 Å². The zero-order valence-electron chi connectivity index (χ0n) is 18.1. The lowest BCUT2D eigenvalue weighted by molar-refractivity contribution is -0.116. The molecule has 1 aliphatic carbocycles. The van der Waals surface area contributed by atoms with Crippen LogP contribution in [0, 0.1) is 12.8 Å². The van der Waals surface area contributed by atoms with E-state index in [0.29, 0.717) is 18.4 Å². The van der Waals surface area contributed by atoms with Crippen molar-refractivity contribution in [3.63, 3.8) is 0 Å². The zero-order valence-corrected chi connectivity index (χ0v) is 18.1. The molecule has 0 bridgehead atoms. The molecule has 1 aliphatic heterocycles. The van der Waals surface area contributed by atoms with Crippen LogP contribution in [0.3, 0.4) is 0 Å². The molecular formula is C27H26N2O2. The van der Waals surface area contributed by atoms with Crippen molar-refractivity contribution in [2.24, 2.45) is 10.9 Å². The molecule has 4 nitrogen and oxygen atoms in total. The average Bonchev–Trinajstić information content (AvgIpc) is 3.37. The number of anilines is 1. The fraction of sp³-hybridized carbons (Fsp3) is 0.259. The van der Waals surface area contributed by atoms with E-state index in [1.807, 2.05) is 61.5 Å². The first-order valence-corrected chi connectivity index (χ1v) is 10.8. The number of hydrogen-bond donors (Lipinski definition) is 1. The molecule has 156 valence electrons. The highest BCUT2D eigenvalue weighted by molar-refractivity contribution is 6.08. The lowest BCUT2D eigenvalue weighted by Gasteiger charge is -2.17. The molecule has 0 radical (unpaired) electrons. The SMILES string of the molecule is Cc1cccc(NC(=O)C2c3ccccc3-c3cccc(C4=N[C@@H](C(C)C)CO4)c32)c1. The summed E-state index contributed by atoms with van der Waals surface area (Å²) in [4.78, 5) is 18.4. The van der Waals surface area contributed by atoms with Crippen LogP contribution in [-0.2, 0) is 9.53 Å². The minimum atomic E-state index is -0.410. The van der Waals surface area contributed by atoms with E-state index < -0.39 is 5.92 Å². The number of rotatable bonds is 4. The van der Waals surface area contributed by atoms with Crippen molar-refractivity contribution >= 4 is 17.5 Å². The second-order valence-corrected chi connectivity index (χ2v) is 8.70. The number of nitrogens with one attached hydrogen (secondary N) is 1. The summed E-state index contributed by atoms with van der Waals surface area (Å²) in [5.41, 5.74) is 7.02. The molecule has 0 saturated heterocycles. The van der Waals surface area contributed by atoms with Gasteiger partial charge in [0.1, 0.15) is 6.61 Å². The fourth-order valence-electron chi connectivity index (χ4n) is 4.53. The van der Waals surface area contributed by atoms with Crippen LogP contribution in [0.25, 0.3) is 11.1 Å². The van der Waals surface area contributed by atoms with Gasteiger partial charge in [0, 0.05) is 11.3 Å². The Morgan fingerprint density at radius 1 is 1.00 bits per heavy atom. The molecule has 1 heterocycles. The summed E-state index contributed by atoms with van der Waals surface area (Å²) >= 11 is 0. The lowest BCUT2D eigenvalue weighted by atomic mass is 9.91. The molecule has 1 amide bonds. The van der Waals surface area contributed by atoms with Gasteiger partial charge < -0.3 is 10.1 Å². The summed E-state index contributed by atoms with van der Waals surface area (Å²) in [6.45, 7) is 6.92. The molecule has 0 fully saturated rings. The van der Waals surface area contributed by atoms with E-state index in [4.69, 9.17) is 9.73 Å². The lowest BCUT2D eigenvalue weighted by Crippen LogP contribution is -2.22. The molecule has 31 heavy (non-hydrogen) atoms. The Morgan fingerprint density at radius 2 is 1.74 bits per heavy atom. The Morgan fingerprint density at radius 3 is 2.52 bits per heavy atom. The number of aliphatic imine (C=N–C) groups is 1. The fourth-order valence-corrected chi connectivity index (χ4v) is 4.53. The van der Waals surface area contributed by atoms with Crippen molar-refractivity contribution in [3.8, 4) is 11.1 Å². The summed E-state index contributed by atoms with van der Waals surface area (Å²) in [7, 11) is 0. The number of hydrogen-bond acceptors (Lipinski definition) is 3. The third-order valence-corrected chi connectivity index (χ3v) is 6.18. The van der Waals surface area contributed by atoms with Crippen LogP contribution in [0.1, 0.15) is 42.0 Å². The van der Waals surface area contributed by atoms with E-state index >= 15 is 0 Å². The minimum Gasteiger partial charge on any atom is -0.475 e. The smallest absolute Gasteiger partial charge is 0.236 e. The number of ether oxygens (including phenoxy) is 1. The normalized spacial score (nSPS) is 18.9. The minimum absolute atomic E-state index is 0.0387. The predicted octanol–water partition coefficient (Wildman–Crippen LogP) is 5.55. The highest BCUT2D eigenvalue weighted by Crippen LogP contribution is 2.47. The zero-order chi connectivity index (χ0) is 21.5. The molecule has 1 N–H and O–H groups in total. The van der Waals surface area contributed by atoms with E-state index in [2.05, 4.69) is 31.3 Å². The van der Waals surface area contributed by atoms with Gasteiger partial charge in [0.25, 0.3) is 0 Å². The summed E-state index contributed by atoms with van der Waals surface area (Å²) in [6.07, 6.45) is 0. The first-order valence-electron chi connectivity index (χ1n) is 10.8. The molecule has 4 heteroatoms. The summed E-state index contributed by atoms with van der Waals surface area (Å²) < 4.78 is 6.02. The summed E-state index contributed by atoms with van der Waals surface area (Å²) in [5.74, 6) is 0.610. The maximum atomic E-state index is 13.6. The van der Waals surface area contributed by atoms with Gasteiger partial charge in [-0.25, -0.2) is 4.99 Å². The van der Waals surface area contributed by atoms with Crippen molar-refractivity contribution < 1.29 is 9.53 Å². The highest BCUT2D eigenvalue weighted by atomic mass is 16.5. The molecule has 2 aliphatic rings. The van der Waals surface area contributed by atoms with Gasteiger partial charge in [0.05, 0.1) is 12.0 Å². The number of aryl methyl sites for hydroxylation is 1. The number of amides is 1. The summed E-state index contributed by atoms with van der Waals surface area (Å²) in [5, 5.41) is 3.13. The number of fused-ring (bicyclic) bond motifs is 3. The molecule has 3 aromatic rings. The topological polar surface area (TPSA) is 50.7 Å². The van der Waals surface area contributed by atoms with Gasteiger partial charge in [-0.05, 0) is 58.9 Å². The van der Waals surface area contributed by atoms with E-state index in [0.717, 1.165) is 39.1 Å². The molecule has 1 unspecified atom stereocenters. The first kappa shape index (κ1) is 19.6. The molecule has 0 spiro atoms. The van der Waals surface area contributed by atoms with Crippen molar-refractivity contribution in [2.45, 2.75) is 32.7 Å². The monoisotopic (exact) mass is 410 g/mol. The van der Waals surface area contributed by atoms with Gasteiger partial charge >= 0.3 is 0 Å². The van der Waals surface area contributed by atoms with Crippen LogP contribution in [0.5, 0.6) is 0 Å². The molecule has 0 aromatic heterocycles. The molecule has 0 saturated carbocycles. The van der Waals surface area contributed by atoms with Gasteiger partial charge in [-0.3, -0.25) is 4.79 Å². The van der Waals surface area contributed by atoms with E-state index in [1.54, 1.807) is 0 Å². The maximum Gasteiger partial charge on any atom is 0.236 e. The van der Waals surface area contributed by atoms with E-state index in [9.17, 15) is 4.79 Å². The number of nitrogens with zero attached hydrogens (tertiary/aromatic N) is 1. The van der Waals surface area contributed by atoms with Crippen molar-refractivity contribution in [1.29, 1.82) is 0 Å². The van der Waals surface area contributed by atoms with Crippen LogP contribution >= 0.6 is 0 Å². The third-order valence-electron chi connectivity index (χ3n) is 6.18. The Labute approximate surface area is 183 Å². The van der Waals surface area contributed by atoms with Crippen LogP contribution in [-0.4, -0.2) is 24.5 Å².